The lowest BCUT2D eigenvalue weighted by molar-refractivity contribution is 0.323. The molecular formula is C20H21N5S. The molecule has 0 aliphatic carbocycles. The lowest BCUT2D eigenvalue weighted by Crippen LogP contribution is -2.26. The SMILES string of the molecule is Cn1nc(CN2CCC(Nc3cccc(C#N)c3)C2)cc1-c1cccs1. The van der Waals surface area contributed by atoms with Crippen LogP contribution in [0.4, 0.5) is 5.69 Å². The predicted octanol–water partition coefficient (Wildman–Crippen LogP) is 3.71. The molecule has 1 aromatic carbocycles. The van der Waals surface area contributed by atoms with Crippen LogP contribution < -0.4 is 5.32 Å². The van der Waals surface area contributed by atoms with Crippen molar-refractivity contribution in [3.63, 3.8) is 0 Å². The van der Waals surface area contributed by atoms with Gasteiger partial charge in [-0.1, -0.05) is 12.1 Å². The fraction of sp³-hybridized carbons (Fsp3) is 0.300. The second-order valence-corrected chi connectivity index (χ2v) is 7.63. The molecule has 3 heterocycles. The molecule has 6 heteroatoms. The first-order valence-electron chi connectivity index (χ1n) is 8.77. The van der Waals surface area contributed by atoms with Gasteiger partial charge in [0.05, 0.1) is 27.9 Å². The van der Waals surface area contributed by atoms with Crippen molar-refractivity contribution in [2.24, 2.45) is 7.05 Å². The summed E-state index contributed by atoms with van der Waals surface area (Å²) in [5.74, 6) is 0. The van der Waals surface area contributed by atoms with Crippen LogP contribution in [0.15, 0.2) is 47.8 Å². The van der Waals surface area contributed by atoms with Gasteiger partial charge in [-0.3, -0.25) is 9.58 Å². The van der Waals surface area contributed by atoms with Crippen LogP contribution in [-0.4, -0.2) is 33.8 Å². The number of nitrogens with zero attached hydrogens (tertiary/aromatic N) is 4. The highest BCUT2D eigenvalue weighted by Crippen LogP contribution is 2.26. The molecule has 1 aliphatic heterocycles. The molecule has 26 heavy (non-hydrogen) atoms. The number of aromatic nitrogens is 2. The van der Waals surface area contributed by atoms with Gasteiger partial charge in [0.15, 0.2) is 0 Å². The van der Waals surface area contributed by atoms with E-state index in [1.807, 2.05) is 36.0 Å². The van der Waals surface area contributed by atoms with E-state index in [9.17, 15) is 0 Å². The topological polar surface area (TPSA) is 56.9 Å². The maximum Gasteiger partial charge on any atom is 0.0992 e. The summed E-state index contributed by atoms with van der Waals surface area (Å²) in [5, 5.41) is 19.4. The predicted molar refractivity (Wildman–Crippen MR) is 105 cm³/mol. The van der Waals surface area contributed by atoms with E-state index >= 15 is 0 Å². The van der Waals surface area contributed by atoms with Gasteiger partial charge in [0, 0.05) is 38.4 Å². The summed E-state index contributed by atoms with van der Waals surface area (Å²) in [6.45, 7) is 2.91. The molecule has 5 nitrogen and oxygen atoms in total. The Balaban J connectivity index is 1.37. The molecular weight excluding hydrogens is 342 g/mol. The third-order valence-corrected chi connectivity index (χ3v) is 5.62. The summed E-state index contributed by atoms with van der Waals surface area (Å²) < 4.78 is 1.97. The van der Waals surface area contributed by atoms with Gasteiger partial charge in [-0.15, -0.1) is 11.3 Å². The van der Waals surface area contributed by atoms with Crippen molar-refractivity contribution in [2.75, 3.05) is 18.4 Å². The Hall–Kier alpha value is -2.62. The molecule has 2 aromatic heterocycles. The van der Waals surface area contributed by atoms with Gasteiger partial charge in [-0.25, -0.2) is 0 Å². The Bertz CT molecular complexity index is 922. The summed E-state index contributed by atoms with van der Waals surface area (Å²) in [5.41, 5.74) is 4.01. The highest BCUT2D eigenvalue weighted by Gasteiger charge is 2.23. The van der Waals surface area contributed by atoms with Gasteiger partial charge in [-0.2, -0.15) is 10.4 Å². The number of anilines is 1. The number of aryl methyl sites for hydroxylation is 1. The van der Waals surface area contributed by atoms with Gasteiger partial charge in [0.25, 0.3) is 0 Å². The Morgan fingerprint density at radius 3 is 3.04 bits per heavy atom. The third kappa shape index (κ3) is 3.64. The number of benzene rings is 1. The van der Waals surface area contributed by atoms with Gasteiger partial charge >= 0.3 is 0 Å². The second-order valence-electron chi connectivity index (χ2n) is 6.68. The molecule has 3 aromatic rings. The summed E-state index contributed by atoms with van der Waals surface area (Å²) in [7, 11) is 2.01. The molecule has 0 saturated carbocycles. The zero-order valence-electron chi connectivity index (χ0n) is 14.7. The van der Waals surface area contributed by atoms with Crippen LogP contribution >= 0.6 is 11.3 Å². The second kappa shape index (κ2) is 7.32. The monoisotopic (exact) mass is 363 g/mol. The lowest BCUT2D eigenvalue weighted by Gasteiger charge is -2.16. The zero-order valence-corrected chi connectivity index (χ0v) is 15.5. The average molecular weight is 363 g/mol. The van der Waals surface area contributed by atoms with Crippen molar-refractivity contribution in [2.45, 2.75) is 19.0 Å². The highest BCUT2D eigenvalue weighted by atomic mass is 32.1. The van der Waals surface area contributed by atoms with E-state index in [-0.39, 0.29) is 0 Å². The first-order valence-corrected chi connectivity index (χ1v) is 9.65. The van der Waals surface area contributed by atoms with Crippen LogP contribution in [0.1, 0.15) is 17.7 Å². The molecule has 1 unspecified atom stereocenters. The van der Waals surface area contributed by atoms with Gasteiger partial charge in [0.2, 0.25) is 0 Å². The van der Waals surface area contributed by atoms with Crippen LogP contribution in [-0.2, 0) is 13.6 Å². The first-order chi connectivity index (χ1) is 12.7. The molecule has 1 fully saturated rings. The molecule has 1 atom stereocenters. The van der Waals surface area contributed by atoms with Crippen molar-refractivity contribution in [1.82, 2.24) is 14.7 Å². The summed E-state index contributed by atoms with van der Waals surface area (Å²) in [4.78, 5) is 3.69. The third-order valence-electron chi connectivity index (χ3n) is 4.72. The summed E-state index contributed by atoms with van der Waals surface area (Å²) in [6.07, 6.45) is 1.10. The van der Waals surface area contributed by atoms with Crippen LogP contribution in [0.5, 0.6) is 0 Å². The molecule has 1 aliphatic rings. The highest BCUT2D eigenvalue weighted by molar-refractivity contribution is 7.13. The molecule has 4 rings (SSSR count). The normalized spacial score (nSPS) is 17.3. The summed E-state index contributed by atoms with van der Waals surface area (Å²) in [6, 6.07) is 16.7. The number of rotatable bonds is 5. The van der Waals surface area contributed by atoms with Crippen LogP contribution in [0, 0.1) is 11.3 Å². The maximum absolute atomic E-state index is 9.03. The number of hydrogen-bond acceptors (Lipinski definition) is 5. The number of thiophene rings is 1. The molecule has 0 amide bonds. The van der Waals surface area contributed by atoms with Crippen LogP contribution in [0.2, 0.25) is 0 Å². The molecule has 132 valence electrons. The minimum Gasteiger partial charge on any atom is -0.381 e. The minimum atomic E-state index is 0.407. The largest absolute Gasteiger partial charge is 0.381 e. The number of nitrogens with one attached hydrogen (secondary N) is 1. The van der Waals surface area contributed by atoms with Gasteiger partial charge in [-0.05, 0) is 42.1 Å². The van der Waals surface area contributed by atoms with Crippen molar-refractivity contribution in [3.05, 3.63) is 59.1 Å². The van der Waals surface area contributed by atoms with E-state index in [2.05, 4.69) is 45.0 Å². The Morgan fingerprint density at radius 1 is 1.31 bits per heavy atom. The van der Waals surface area contributed by atoms with Crippen molar-refractivity contribution < 1.29 is 0 Å². The lowest BCUT2D eigenvalue weighted by atomic mass is 10.2. The van der Waals surface area contributed by atoms with E-state index in [1.165, 1.54) is 10.6 Å². The quantitative estimate of drug-likeness (QED) is 0.751. The number of likely N-dealkylation sites (tertiary alicyclic amines) is 1. The van der Waals surface area contributed by atoms with E-state index in [0.717, 1.165) is 37.4 Å². The van der Waals surface area contributed by atoms with Gasteiger partial charge in [0.1, 0.15) is 0 Å². The Kier molecular flexibility index (Phi) is 4.74. The summed E-state index contributed by atoms with van der Waals surface area (Å²) >= 11 is 1.74. The Morgan fingerprint density at radius 2 is 2.23 bits per heavy atom. The first kappa shape index (κ1) is 16.8. The van der Waals surface area contributed by atoms with Crippen molar-refractivity contribution in [1.29, 1.82) is 5.26 Å². The number of nitriles is 1. The fourth-order valence-electron chi connectivity index (χ4n) is 3.50. The van der Waals surface area contributed by atoms with E-state index in [1.54, 1.807) is 11.3 Å². The Labute approximate surface area is 157 Å². The molecule has 0 radical (unpaired) electrons. The van der Waals surface area contributed by atoms with Crippen LogP contribution in [0.25, 0.3) is 10.6 Å². The van der Waals surface area contributed by atoms with E-state index in [4.69, 9.17) is 5.26 Å². The van der Waals surface area contributed by atoms with Crippen molar-refractivity contribution in [3.8, 4) is 16.6 Å². The van der Waals surface area contributed by atoms with E-state index < -0.39 is 0 Å². The molecule has 0 spiro atoms. The van der Waals surface area contributed by atoms with Crippen molar-refractivity contribution >= 4 is 17.0 Å². The van der Waals surface area contributed by atoms with Gasteiger partial charge < -0.3 is 5.32 Å². The van der Waals surface area contributed by atoms with E-state index in [0.29, 0.717) is 11.6 Å². The fourth-order valence-corrected chi connectivity index (χ4v) is 4.27. The smallest absolute Gasteiger partial charge is 0.0992 e. The molecule has 1 saturated heterocycles. The molecule has 1 N–H and O–H groups in total. The number of hydrogen-bond donors (Lipinski definition) is 1. The minimum absolute atomic E-state index is 0.407. The molecule has 0 bridgehead atoms. The average Bonchev–Trinajstić information content (AvgIpc) is 3.37. The van der Waals surface area contributed by atoms with Crippen LogP contribution in [0.3, 0.4) is 0 Å². The maximum atomic E-state index is 9.03. The standard InChI is InChI=1S/C20H21N5S/c1-24-19(20-6-3-9-26-20)11-18(23-24)14-25-8-7-17(13-25)22-16-5-2-4-15(10-16)12-21/h2-6,9-11,17,22H,7-8,13-14H2,1H3. The zero-order chi connectivity index (χ0) is 17.9.